The maximum atomic E-state index is 13.1. The number of carbonyl (C=O) groups excluding carboxylic acids is 2. The second-order valence-corrected chi connectivity index (χ2v) is 6.41. The third-order valence-corrected chi connectivity index (χ3v) is 4.89. The first-order chi connectivity index (χ1) is 12.7. The molecule has 4 nitrogen and oxygen atoms in total. The number of amides is 3. The van der Waals surface area contributed by atoms with Crippen LogP contribution in [0.2, 0.25) is 0 Å². The van der Waals surface area contributed by atoms with Gasteiger partial charge in [0.05, 0.1) is 17.0 Å². The average molecular weight is 338 g/mol. The standard InChI is InChI=1S/C22H14N2O2/c25-21-19-13-18-15(11-10-14-6-4-5-9-17(14)18)12-20(19)23-22(26)24(21)16-7-2-1-3-8-16/h1-11,13H,12H2. The molecule has 0 unspecified atom stereocenters. The summed E-state index contributed by atoms with van der Waals surface area (Å²) in [6, 6.07) is 20.6. The van der Waals surface area contributed by atoms with Crippen LogP contribution >= 0.6 is 0 Å². The van der Waals surface area contributed by atoms with E-state index >= 15 is 0 Å². The molecule has 0 atom stereocenters. The van der Waals surface area contributed by atoms with Crippen LogP contribution in [0.25, 0.3) is 16.8 Å². The summed E-state index contributed by atoms with van der Waals surface area (Å²) in [5.41, 5.74) is 3.70. The first kappa shape index (κ1) is 14.8. The van der Waals surface area contributed by atoms with Gasteiger partial charge in [-0.15, -0.1) is 0 Å². The second-order valence-electron chi connectivity index (χ2n) is 6.41. The second kappa shape index (κ2) is 5.49. The number of hydrogen-bond acceptors (Lipinski definition) is 2. The van der Waals surface area contributed by atoms with Crippen molar-refractivity contribution in [2.45, 2.75) is 6.42 Å². The van der Waals surface area contributed by atoms with E-state index in [9.17, 15) is 9.59 Å². The molecule has 0 N–H and O–H groups in total. The summed E-state index contributed by atoms with van der Waals surface area (Å²) in [5, 5.41) is 2.23. The molecule has 5 rings (SSSR count). The quantitative estimate of drug-likeness (QED) is 0.661. The van der Waals surface area contributed by atoms with Gasteiger partial charge < -0.3 is 0 Å². The number of carbonyl (C=O) groups is 2. The van der Waals surface area contributed by atoms with Crippen molar-refractivity contribution >= 4 is 40.2 Å². The fraction of sp³-hybridized carbons (Fsp3) is 0.0455. The summed E-state index contributed by atoms with van der Waals surface area (Å²) >= 11 is 0. The van der Waals surface area contributed by atoms with Crippen molar-refractivity contribution in [3.8, 4) is 0 Å². The van der Waals surface area contributed by atoms with Crippen molar-refractivity contribution in [3.63, 3.8) is 0 Å². The van der Waals surface area contributed by atoms with Crippen molar-refractivity contribution in [2.75, 3.05) is 4.90 Å². The number of urea groups is 1. The van der Waals surface area contributed by atoms with Crippen LogP contribution < -0.4 is 4.90 Å². The molecule has 1 heterocycles. The van der Waals surface area contributed by atoms with Gasteiger partial charge in [0.2, 0.25) is 0 Å². The van der Waals surface area contributed by atoms with Gasteiger partial charge in [-0.3, -0.25) is 4.79 Å². The molecule has 4 heteroatoms. The van der Waals surface area contributed by atoms with Gasteiger partial charge >= 0.3 is 6.03 Å². The highest BCUT2D eigenvalue weighted by Gasteiger charge is 2.35. The number of imide groups is 1. The molecule has 124 valence electrons. The smallest absolute Gasteiger partial charge is 0.268 e. The van der Waals surface area contributed by atoms with Gasteiger partial charge in [0.15, 0.2) is 0 Å². The number of hydrogen-bond donors (Lipinski definition) is 0. The lowest BCUT2D eigenvalue weighted by atomic mass is 9.86. The SMILES string of the molecule is O=C1N=C2Cc3ccc4ccccc4c3C=C2C(=O)N1c1ccccc1. The first-order valence-corrected chi connectivity index (χ1v) is 8.46. The molecule has 0 aromatic heterocycles. The van der Waals surface area contributed by atoms with Gasteiger partial charge in [-0.05, 0) is 40.1 Å². The van der Waals surface area contributed by atoms with Crippen molar-refractivity contribution in [3.05, 3.63) is 83.4 Å². The number of nitrogens with zero attached hydrogens (tertiary/aromatic N) is 2. The van der Waals surface area contributed by atoms with Crippen LogP contribution in [0.15, 0.2) is 77.3 Å². The van der Waals surface area contributed by atoms with Crippen LogP contribution in [0.4, 0.5) is 10.5 Å². The molecule has 1 aliphatic heterocycles. The minimum Gasteiger partial charge on any atom is -0.268 e. The summed E-state index contributed by atoms with van der Waals surface area (Å²) in [4.78, 5) is 30.9. The lowest BCUT2D eigenvalue weighted by Crippen LogP contribution is -2.43. The molecule has 0 radical (unpaired) electrons. The Hall–Kier alpha value is -3.53. The lowest BCUT2D eigenvalue weighted by Gasteiger charge is -2.28. The Bertz CT molecular complexity index is 1140. The van der Waals surface area contributed by atoms with Gasteiger partial charge in [-0.1, -0.05) is 54.6 Å². The molecule has 0 saturated carbocycles. The fourth-order valence-electron chi connectivity index (χ4n) is 3.63. The number of fused-ring (bicyclic) bond motifs is 4. The Morgan fingerprint density at radius 2 is 1.62 bits per heavy atom. The monoisotopic (exact) mass is 338 g/mol. The summed E-state index contributed by atoms with van der Waals surface area (Å²) in [6.07, 6.45) is 2.37. The largest absolute Gasteiger partial charge is 0.355 e. The average Bonchev–Trinajstić information content (AvgIpc) is 2.67. The number of aliphatic imine (C=N–C) groups is 1. The summed E-state index contributed by atoms with van der Waals surface area (Å²) < 4.78 is 0. The van der Waals surface area contributed by atoms with Crippen molar-refractivity contribution in [1.82, 2.24) is 0 Å². The lowest BCUT2D eigenvalue weighted by molar-refractivity contribution is -0.114. The summed E-state index contributed by atoms with van der Waals surface area (Å²) in [7, 11) is 0. The van der Waals surface area contributed by atoms with Crippen LogP contribution in [-0.4, -0.2) is 17.6 Å². The number of para-hydroxylation sites is 1. The molecule has 26 heavy (non-hydrogen) atoms. The molecule has 0 saturated heterocycles. The molecule has 3 aromatic rings. The Labute approximate surface area is 150 Å². The summed E-state index contributed by atoms with van der Waals surface area (Å²) in [5.74, 6) is -0.315. The number of benzene rings is 3. The van der Waals surface area contributed by atoms with Crippen molar-refractivity contribution < 1.29 is 9.59 Å². The topological polar surface area (TPSA) is 49.7 Å². The third kappa shape index (κ3) is 2.12. The Kier molecular flexibility index (Phi) is 3.12. The predicted molar refractivity (Wildman–Crippen MR) is 102 cm³/mol. The highest BCUT2D eigenvalue weighted by atomic mass is 16.2. The minimum absolute atomic E-state index is 0.315. The van der Waals surface area contributed by atoms with Gasteiger partial charge in [0.25, 0.3) is 5.91 Å². The molecular formula is C22H14N2O2. The maximum absolute atomic E-state index is 13.1. The van der Waals surface area contributed by atoms with E-state index in [1.165, 1.54) is 0 Å². The van der Waals surface area contributed by atoms with Gasteiger partial charge in [-0.2, -0.15) is 4.99 Å². The number of anilines is 1. The Morgan fingerprint density at radius 1 is 0.846 bits per heavy atom. The maximum Gasteiger partial charge on any atom is 0.355 e. The summed E-state index contributed by atoms with van der Waals surface area (Å²) in [6.45, 7) is 0. The van der Waals surface area contributed by atoms with Gasteiger partial charge in [0, 0.05) is 6.42 Å². The van der Waals surface area contributed by atoms with E-state index in [0.29, 0.717) is 23.4 Å². The zero-order valence-corrected chi connectivity index (χ0v) is 13.8. The molecule has 0 spiro atoms. The normalized spacial score (nSPS) is 16.1. The molecule has 3 aromatic carbocycles. The molecule has 3 amide bonds. The van der Waals surface area contributed by atoms with E-state index in [4.69, 9.17) is 0 Å². The molecule has 2 aliphatic rings. The van der Waals surface area contributed by atoms with Crippen LogP contribution in [-0.2, 0) is 11.2 Å². The number of rotatable bonds is 1. The highest BCUT2D eigenvalue weighted by molar-refractivity contribution is 6.40. The van der Waals surface area contributed by atoms with Crippen LogP contribution in [0.1, 0.15) is 11.1 Å². The van der Waals surface area contributed by atoms with E-state index in [-0.39, 0.29) is 5.91 Å². The van der Waals surface area contributed by atoms with E-state index in [0.717, 1.165) is 26.8 Å². The molecule has 0 fully saturated rings. The minimum atomic E-state index is -0.530. The van der Waals surface area contributed by atoms with Crippen LogP contribution in [0, 0.1) is 0 Å². The third-order valence-electron chi connectivity index (χ3n) is 4.89. The van der Waals surface area contributed by atoms with Crippen LogP contribution in [0.3, 0.4) is 0 Å². The van der Waals surface area contributed by atoms with Gasteiger partial charge in [0.1, 0.15) is 0 Å². The van der Waals surface area contributed by atoms with E-state index in [1.54, 1.807) is 24.3 Å². The Balaban J connectivity index is 1.70. The Morgan fingerprint density at radius 3 is 2.46 bits per heavy atom. The van der Waals surface area contributed by atoms with Crippen LogP contribution in [0.5, 0.6) is 0 Å². The van der Waals surface area contributed by atoms with E-state index < -0.39 is 6.03 Å². The highest BCUT2D eigenvalue weighted by Crippen LogP contribution is 2.33. The van der Waals surface area contributed by atoms with Crippen molar-refractivity contribution in [2.24, 2.45) is 4.99 Å². The van der Waals surface area contributed by atoms with Crippen molar-refractivity contribution in [1.29, 1.82) is 0 Å². The molecular weight excluding hydrogens is 324 g/mol. The predicted octanol–water partition coefficient (Wildman–Crippen LogP) is 4.39. The van der Waals surface area contributed by atoms with E-state index in [2.05, 4.69) is 23.2 Å². The zero-order chi connectivity index (χ0) is 17.7. The zero-order valence-electron chi connectivity index (χ0n) is 13.8. The first-order valence-electron chi connectivity index (χ1n) is 8.46. The van der Waals surface area contributed by atoms with Gasteiger partial charge in [-0.25, -0.2) is 9.69 Å². The fourth-order valence-corrected chi connectivity index (χ4v) is 3.63. The molecule has 1 aliphatic carbocycles. The molecule has 0 bridgehead atoms. The van der Waals surface area contributed by atoms with E-state index in [1.807, 2.05) is 30.3 Å².